The summed E-state index contributed by atoms with van der Waals surface area (Å²) in [5.41, 5.74) is -0.831. The lowest BCUT2D eigenvalue weighted by Crippen LogP contribution is -2.72. The number of pyridine rings is 1. The average molecular weight is 431 g/mol. The molecule has 1 unspecified atom stereocenters. The summed E-state index contributed by atoms with van der Waals surface area (Å²) < 4.78 is 32.6. The highest BCUT2D eigenvalue weighted by Gasteiger charge is 2.53. The van der Waals surface area contributed by atoms with Gasteiger partial charge in [0.05, 0.1) is 12.7 Å². The second-order valence-electron chi connectivity index (χ2n) is 7.87. The van der Waals surface area contributed by atoms with Crippen molar-refractivity contribution in [2.75, 3.05) is 18.7 Å². The molecule has 1 amide bonds. The molecule has 1 aromatic carbocycles. The van der Waals surface area contributed by atoms with Gasteiger partial charge in [0.15, 0.2) is 11.4 Å². The van der Waals surface area contributed by atoms with Crippen LogP contribution in [0.4, 0.5) is 8.78 Å². The van der Waals surface area contributed by atoms with Gasteiger partial charge in [0.2, 0.25) is 5.43 Å². The Morgan fingerprint density at radius 3 is 2.61 bits per heavy atom. The van der Waals surface area contributed by atoms with Crippen LogP contribution in [0.1, 0.15) is 35.8 Å². The zero-order valence-electron chi connectivity index (χ0n) is 17.2. The number of carbonyl (C=O) groups is 1. The standard InChI is InChI=1S/C22H23F2N3O4/c1-22(14-6-4-3-5-7-14)16(31-13-11-17(23)24)8-9-18-25(2)21(30)19-20(29)15(28)10-12-26(19)27(18)22/h3-7,10-12,16,18,29H,8-9,13H2,1-2H3/t16-,18?,22+/m0/s1. The highest BCUT2D eigenvalue weighted by atomic mass is 19.3. The molecule has 2 aliphatic rings. The summed E-state index contributed by atoms with van der Waals surface area (Å²) in [5, 5.41) is 12.3. The van der Waals surface area contributed by atoms with E-state index in [9.17, 15) is 23.5 Å². The van der Waals surface area contributed by atoms with Crippen molar-refractivity contribution in [1.29, 1.82) is 0 Å². The average Bonchev–Trinajstić information content (AvgIpc) is 2.75. The monoisotopic (exact) mass is 431 g/mol. The van der Waals surface area contributed by atoms with Gasteiger partial charge < -0.3 is 14.7 Å². The lowest BCUT2D eigenvalue weighted by Gasteiger charge is -2.59. The molecule has 0 spiro atoms. The number of hydrogen-bond donors (Lipinski definition) is 1. The Kier molecular flexibility index (Phi) is 5.30. The quantitative estimate of drug-likeness (QED) is 0.806. The van der Waals surface area contributed by atoms with Crippen molar-refractivity contribution in [2.45, 2.75) is 37.6 Å². The Hall–Kier alpha value is -3.20. The molecule has 164 valence electrons. The Bertz CT molecular complexity index is 1080. The molecule has 4 rings (SSSR count). The maximum atomic E-state index is 13.0. The van der Waals surface area contributed by atoms with E-state index in [4.69, 9.17) is 4.74 Å². The summed E-state index contributed by atoms with van der Waals surface area (Å²) in [6.45, 7) is 1.65. The number of nitrogens with zero attached hydrogens (tertiary/aromatic N) is 3. The number of rotatable bonds is 4. The van der Waals surface area contributed by atoms with Crippen LogP contribution in [0.3, 0.4) is 0 Å². The molecule has 3 atom stereocenters. The van der Waals surface area contributed by atoms with Crippen molar-refractivity contribution >= 4 is 5.91 Å². The summed E-state index contributed by atoms with van der Waals surface area (Å²) in [6, 6.07) is 10.6. The SMILES string of the molecule is CN1C(=O)c2c(O)c(=O)ccn2N2C1CC[C@H](OCC=C(F)F)[C@@]2(C)c1ccccc1. The normalized spacial score (nSPS) is 25.1. The van der Waals surface area contributed by atoms with E-state index in [0.29, 0.717) is 12.8 Å². The molecule has 3 heterocycles. The number of aromatic hydroxyl groups is 1. The van der Waals surface area contributed by atoms with Gasteiger partial charge in [-0.05, 0) is 25.3 Å². The summed E-state index contributed by atoms with van der Waals surface area (Å²) >= 11 is 0. The third kappa shape index (κ3) is 3.29. The van der Waals surface area contributed by atoms with Gasteiger partial charge in [-0.3, -0.25) is 19.3 Å². The molecule has 0 bridgehead atoms. The number of fused-ring (bicyclic) bond motifs is 3. The van der Waals surface area contributed by atoms with Gasteiger partial charge in [0.25, 0.3) is 12.0 Å². The van der Waals surface area contributed by atoms with Crippen LogP contribution in [0.15, 0.2) is 59.5 Å². The molecule has 2 aliphatic heterocycles. The van der Waals surface area contributed by atoms with Crippen LogP contribution in [0.2, 0.25) is 0 Å². The van der Waals surface area contributed by atoms with E-state index < -0.39 is 34.8 Å². The first-order valence-electron chi connectivity index (χ1n) is 9.96. The van der Waals surface area contributed by atoms with Crippen molar-refractivity contribution in [3.05, 3.63) is 76.2 Å². The van der Waals surface area contributed by atoms with E-state index >= 15 is 0 Å². The van der Waals surface area contributed by atoms with E-state index in [-0.39, 0.29) is 18.5 Å². The lowest BCUT2D eigenvalue weighted by atomic mass is 9.79. The number of amides is 1. The lowest BCUT2D eigenvalue weighted by molar-refractivity contribution is -0.0463. The minimum absolute atomic E-state index is 0.135. The Morgan fingerprint density at radius 2 is 1.94 bits per heavy atom. The van der Waals surface area contributed by atoms with Crippen molar-refractivity contribution < 1.29 is 23.4 Å². The smallest absolute Gasteiger partial charge is 0.277 e. The number of halogens is 2. The van der Waals surface area contributed by atoms with Crippen molar-refractivity contribution in [3.63, 3.8) is 0 Å². The zero-order valence-corrected chi connectivity index (χ0v) is 17.2. The summed E-state index contributed by atoms with van der Waals surface area (Å²) in [5.74, 6) is -1.09. The molecule has 1 N–H and O–H groups in total. The van der Waals surface area contributed by atoms with Crippen molar-refractivity contribution in [1.82, 2.24) is 9.58 Å². The summed E-state index contributed by atoms with van der Waals surface area (Å²) in [4.78, 5) is 26.5. The first kappa shape index (κ1) is 21.0. The van der Waals surface area contributed by atoms with Crippen LogP contribution in [0.5, 0.6) is 5.75 Å². The fourth-order valence-corrected chi connectivity index (χ4v) is 4.65. The largest absolute Gasteiger partial charge is 0.502 e. The van der Waals surface area contributed by atoms with Gasteiger partial charge >= 0.3 is 0 Å². The third-order valence-corrected chi connectivity index (χ3v) is 6.22. The van der Waals surface area contributed by atoms with Crippen LogP contribution in [-0.4, -0.2) is 46.5 Å². The third-order valence-electron chi connectivity index (χ3n) is 6.22. The number of piperidine rings is 1. The van der Waals surface area contributed by atoms with Crippen molar-refractivity contribution in [3.8, 4) is 5.75 Å². The molecule has 0 radical (unpaired) electrons. The van der Waals surface area contributed by atoms with Crippen LogP contribution in [-0.2, 0) is 10.3 Å². The Balaban J connectivity index is 1.91. The van der Waals surface area contributed by atoms with Crippen LogP contribution >= 0.6 is 0 Å². The molecular formula is C22H23F2N3O4. The molecule has 1 fully saturated rings. The number of hydrogen-bond acceptors (Lipinski definition) is 5. The van der Waals surface area contributed by atoms with Gasteiger partial charge in [0.1, 0.15) is 11.7 Å². The van der Waals surface area contributed by atoms with Crippen molar-refractivity contribution in [2.24, 2.45) is 0 Å². The maximum Gasteiger partial charge on any atom is 0.277 e. The minimum Gasteiger partial charge on any atom is -0.502 e. The van der Waals surface area contributed by atoms with Crippen LogP contribution in [0.25, 0.3) is 0 Å². The Morgan fingerprint density at radius 1 is 1.23 bits per heavy atom. The highest BCUT2D eigenvalue weighted by molar-refractivity contribution is 5.96. The predicted molar refractivity (Wildman–Crippen MR) is 110 cm³/mol. The van der Waals surface area contributed by atoms with E-state index in [1.807, 2.05) is 42.3 Å². The molecule has 7 nitrogen and oxygen atoms in total. The predicted octanol–water partition coefficient (Wildman–Crippen LogP) is 2.78. The van der Waals surface area contributed by atoms with Gasteiger partial charge in [0, 0.05) is 25.4 Å². The first-order valence-corrected chi connectivity index (χ1v) is 9.96. The molecule has 1 aromatic heterocycles. The minimum atomic E-state index is -1.81. The first-order chi connectivity index (χ1) is 14.8. The molecule has 9 heteroatoms. The molecule has 1 saturated heterocycles. The fraction of sp³-hybridized carbons (Fsp3) is 0.364. The fourth-order valence-electron chi connectivity index (χ4n) is 4.65. The van der Waals surface area contributed by atoms with E-state index in [1.54, 1.807) is 7.05 Å². The molecule has 0 aliphatic carbocycles. The van der Waals surface area contributed by atoms with E-state index in [2.05, 4.69) is 0 Å². The molecule has 0 saturated carbocycles. The molecular weight excluding hydrogens is 408 g/mol. The van der Waals surface area contributed by atoms with Gasteiger partial charge in [-0.1, -0.05) is 30.3 Å². The summed E-state index contributed by atoms with van der Waals surface area (Å²) in [7, 11) is 1.62. The maximum absolute atomic E-state index is 13.0. The topological polar surface area (TPSA) is 75.0 Å². The highest BCUT2D eigenvalue weighted by Crippen LogP contribution is 2.44. The van der Waals surface area contributed by atoms with Crippen LogP contribution in [0, 0.1) is 0 Å². The number of carbonyl (C=O) groups excluding carboxylic acids is 1. The van der Waals surface area contributed by atoms with Gasteiger partial charge in [-0.2, -0.15) is 8.78 Å². The number of ether oxygens (including phenoxy) is 1. The van der Waals surface area contributed by atoms with Crippen LogP contribution < -0.4 is 10.4 Å². The van der Waals surface area contributed by atoms with E-state index in [1.165, 1.54) is 21.8 Å². The Labute approximate surface area is 177 Å². The van der Waals surface area contributed by atoms with Gasteiger partial charge in [-0.25, -0.2) is 0 Å². The van der Waals surface area contributed by atoms with Gasteiger partial charge in [-0.15, -0.1) is 0 Å². The summed E-state index contributed by atoms with van der Waals surface area (Å²) in [6.07, 6.45) is 0.515. The second-order valence-corrected chi connectivity index (χ2v) is 7.87. The second kappa shape index (κ2) is 7.81. The molecule has 2 aromatic rings. The number of benzene rings is 1. The van der Waals surface area contributed by atoms with E-state index in [0.717, 1.165) is 11.6 Å². The zero-order chi connectivity index (χ0) is 22.3. The number of aromatic nitrogens is 1. The molecule has 31 heavy (non-hydrogen) atoms.